The van der Waals surface area contributed by atoms with E-state index in [4.69, 9.17) is 0 Å². The molecule has 4 heteroatoms. The highest BCUT2D eigenvalue weighted by molar-refractivity contribution is 5.96. The zero-order chi connectivity index (χ0) is 12.3. The van der Waals surface area contributed by atoms with Gasteiger partial charge in [0.15, 0.2) is 0 Å². The van der Waals surface area contributed by atoms with Crippen molar-refractivity contribution in [3.8, 4) is 0 Å². The predicted octanol–water partition coefficient (Wildman–Crippen LogP) is 2.16. The van der Waals surface area contributed by atoms with Crippen molar-refractivity contribution in [3.05, 3.63) is 23.3 Å². The van der Waals surface area contributed by atoms with E-state index in [1.807, 2.05) is 13.8 Å². The van der Waals surface area contributed by atoms with E-state index in [1.165, 1.54) is 25.6 Å². The van der Waals surface area contributed by atoms with Crippen molar-refractivity contribution < 1.29 is 4.79 Å². The van der Waals surface area contributed by atoms with E-state index in [2.05, 4.69) is 15.3 Å². The first kappa shape index (κ1) is 12.0. The van der Waals surface area contributed by atoms with E-state index < -0.39 is 0 Å². The van der Waals surface area contributed by atoms with Gasteiger partial charge in [-0.1, -0.05) is 19.3 Å². The largest absolute Gasteiger partial charge is 0.349 e. The first-order valence-corrected chi connectivity index (χ1v) is 6.27. The molecule has 1 N–H and O–H groups in total. The minimum absolute atomic E-state index is 0.0208. The number of carbonyl (C=O) groups is 1. The van der Waals surface area contributed by atoms with Crippen molar-refractivity contribution in [2.45, 2.75) is 52.0 Å². The van der Waals surface area contributed by atoms with Crippen molar-refractivity contribution >= 4 is 5.91 Å². The fourth-order valence-corrected chi connectivity index (χ4v) is 2.43. The minimum Gasteiger partial charge on any atom is -0.349 e. The average molecular weight is 233 g/mol. The Labute approximate surface area is 102 Å². The van der Waals surface area contributed by atoms with Crippen molar-refractivity contribution in [3.63, 3.8) is 0 Å². The lowest BCUT2D eigenvalue weighted by Gasteiger charge is -2.23. The summed E-state index contributed by atoms with van der Waals surface area (Å²) in [6, 6.07) is 0.329. The standard InChI is InChI=1S/C13H19N3O/c1-9-12(10(2)15-8-14-9)13(17)16-11-6-4-3-5-7-11/h8,11H,3-7H2,1-2H3,(H,16,17). The summed E-state index contributed by atoms with van der Waals surface area (Å²) in [5.74, 6) is -0.0208. The number of nitrogens with one attached hydrogen (secondary N) is 1. The lowest BCUT2D eigenvalue weighted by atomic mass is 9.95. The second-order valence-electron chi connectivity index (χ2n) is 4.73. The van der Waals surface area contributed by atoms with Crippen LogP contribution in [0, 0.1) is 13.8 Å². The summed E-state index contributed by atoms with van der Waals surface area (Å²) in [6.07, 6.45) is 7.42. The second kappa shape index (κ2) is 5.25. The molecule has 0 aromatic carbocycles. The molecule has 1 saturated carbocycles. The topological polar surface area (TPSA) is 54.9 Å². The Morgan fingerprint density at radius 3 is 2.35 bits per heavy atom. The van der Waals surface area contributed by atoms with Crippen molar-refractivity contribution in [2.24, 2.45) is 0 Å². The Balaban J connectivity index is 2.08. The minimum atomic E-state index is -0.0208. The molecule has 1 heterocycles. The van der Waals surface area contributed by atoms with Gasteiger partial charge in [-0.15, -0.1) is 0 Å². The summed E-state index contributed by atoms with van der Waals surface area (Å²) in [4.78, 5) is 20.3. The number of rotatable bonds is 2. The third-order valence-corrected chi connectivity index (χ3v) is 3.39. The molecule has 92 valence electrons. The van der Waals surface area contributed by atoms with Crippen LogP contribution < -0.4 is 5.32 Å². The molecule has 0 atom stereocenters. The molecule has 1 amide bonds. The number of nitrogens with zero attached hydrogens (tertiary/aromatic N) is 2. The van der Waals surface area contributed by atoms with Crippen LogP contribution in [0.5, 0.6) is 0 Å². The molecular formula is C13H19N3O. The Bertz CT molecular complexity index is 391. The smallest absolute Gasteiger partial charge is 0.255 e. The molecule has 0 radical (unpaired) electrons. The molecular weight excluding hydrogens is 214 g/mol. The van der Waals surface area contributed by atoms with Crippen LogP contribution in [-0.4, -0.2) is 21.9 Å². The number of aromatic nitrogens is 2. The maximum absolute atomic E-state index is 12.2. The van der Waals surface area contributed by atoms with Gasteiger partial charge in [0.25, 0.3) is 5.91 Å². The lowest BCUT2D eigenvalue weighted by Crippen LogP contribution is -2.37. The summed E-state index contributed by atoms with van der Waals surface area (Å²) in [7, 11) is 0. The Kier molecular flexibility index (Phi) is 3.71. The van der Waals surface area contributed by atoms with Crippen LogP contribution in [-0.2, 0) is 0 Å². The number of amides is 1. The van der Waals surface area contributed by atoms with E-state index in [0.717, 1.165) is 24.2 Å². The summed E-state index contributed by atoms with van der Waals surface area (Å²) >= 11 is 0. The highest BCUT2D eigenvalue weighted by Crippen LogP contribution is 2.18. The molecule has 17 heavy (non-hydrogen) atoms. The monoisotopic (exact) mass is 233 g/mol. The number of aryl methyl sites for hydroxylation is 2. The Morgan fingerprint density at radius 1 is 1.18 bits per heavy atom. The average Bonchev–Trinajstić information content (AvgIpc) is 2.30. The summed E-state index contributed by atoms with van der Waals surface area (Å²) < 4.78 is 0. The highest BCUT2D eigenvalue weighted by atomic mass is 16.1. The molecule has 0 aliphatic heterocycles. The quantitative estimate of drug-likeness (QED) is 0.851. The summed E-state index contributed by atoms with van der Waals surface area (Å²) in [6.45, 7) is 3.70. The maximum atomic E-state index is 12.2. The van der Waals surface area contributed by atoms with Crippen LogP contribution in [0.2, 0.25) is 0 Å². The normalized spacial score (nSPS) is 16.8. The molecule has 0 unspecified atom stereocenters. The molecule has 1 aromatic heterocycles. The first-order chi connectivity index (χ1) is 8.18. The van der Waals surface area contributed by atoms with Crippen LogP contribution in [0.3, 0.4) is 0 Å². The fourth-order valence-electron chi connectivity index (χ4n) is 2.43. The third kappa shape index (κ3) is 2.81. The Hall–Kier alpha value is -1.45. The summed E-state index contributed by atoms with van der Waals surface area (Å²) in [5.41, 5.74) is 2.15. The zero-order valence-electron chi connectivity index (χ0n) is 10.5. The Morgan fingerprint density at radius 2 is 1.76 bits per heavy atom. The van der Waals surface area contributed by atoms with E-state index in [0.29, 0.717) is 11.6 Å². The molecule has 1 aliphatic carbocycles. The van der Waals surface area contributed by atoms with Gasteiger partial charge >= 0.3 is 0 Å². The van der Waals surface area contributed by atoms with Crippen molar-refractivity contribution in [1.82, 2.24) is 15.3 Å². The number of hydrogen-bond donors (Lipinski definition) is 1. The van der Waals surface area contributed by atoms with Crippen LogP contribution in [0.1, 0.15) is 53.8 Å². The van der Waals surface area contributed by atoms with Crippen molar-refractivity contribution in [2.75, 3.05) is 0 Å². The van der Waals surface area contributed by atoms with Gasteiger partial charge in [0.2, 0.25) is 0 Å². The van der Waals surface area contributed by atoms with E-state index in [9.17, 15) is 4.79 Å². The van der Waals surface area contributed by atoms with Crippen LogP contribution in [0.4, 0.5) is 0 Å². The third-order valence-electron chi connectivity index (χ3n) is 3.39. The number of carbonyl (C=O) groups excluding carboxylic acids is 1. The molecule has 0 bridgehead atoms. The van der Waals surface area contributed by atoms with Gasteiger partial charge in [-0.05, 0) is 26.7 Å². The van der Waals surface area contributed by atoms with Gasteiger partial charge in [0.05, 0.1) is 17.0 Å². The van der Waals surface area contributed by atoms with Gasteiger partial charge < -0.3 is 5.32 Å². The van der Waals surface area contributed by atoms with E-state index >= 15 is 0 Å². The van der Waals surface area contributed by atoms with E-state index in [1.54, 1.807) is 0 Å². The van der Waals surface area contributed by atoms with Gasteiger partial charge in [-0.3, -0.25) is 4.79 Å². The SMILES string of the molecule is Cc1ncnc(C)c1C(=O)NC1CCCCC1. The number of hydrogen-bond acceptors (Lipinski definition) is 3. The van der Waals surface area contributed by atoms with Gasteiger partial charge in [-0.2, -0.15) is 0 Å². The van der Waals surface area contributed by atoms with E-state index in [-0.39, 0.29) is 5.91 Å². The lowest BCUT2D eigenvalue weighted by molar-refractivity contribution is 0.0925. The summed E-state index contributed by atoms with van der Waals surface area (Å²) in [5, 5.41) is 3.10. The fraction of sp³-hybridized carbons (Fsp3) is 0.615. The zero-order valence-corrected chi connectivity index (χ0v) is 10.5. The van der Waals surface area contributed by atoms with Crippen molar-refractivity contribution in [1.29, 1.82) is 0 Å². The predicted molar refractivity (Wildman–Crippen MR) is 65.8 cm³/mol. The van der Waals surface area contributed by atoms with Crippen LogP contribution in [0.15, 0.2) is 6.33 Å². The molecule has 0 spiro atoms. The van der Waals surface area contributed by atoms with Gasteiger partial charge in [-0.25, -0.2) is 9.97 Å². The second-order valence-corrected chi connectivity index (χ2v) is 4.73. The maximum Gasteiger partial charge on any atom is 0.255 e. The highest BCUT2D eigenvalue weighted by Gasteiger charge is 2.19. The van der Waals surface area contributed by atoms with Crippen LogP contribution >= 0.6 is 0 Å². The molecule has 1 fully saturated rings. The van der Waals surface area contributed by atoms with Gasteiger partial charge in [0.1, 0.15) is 6.33 Å². The molecule has 2 rings (SSSR count). The molecule has 4 nitrogen and oxygen atoms in total. The van der Waals surface area contributed by atoms with Gasteiger partial charge in [0, 0.05) is 6.04 Å². The van der Waals surface area contributed by atoms with Crippen LogP contribution in [0.25, 0.3) is 0 Å². The molecule has 0 saturated heterocycles. The molecule has 1 aromatic rings. The first-order valence-electron chi connectivity index (χ1n) is 6.27. The molecule has 1 aliphatic rings.